The predicted octanol–water partition coefficient (Wildman–Crippen LogP) is 5.30. The molecule has 1 aromatic carbocycles. The lowest BCUT2D eigenvalue weighted by Crippen LogP contribution is -2.43. The second-order valence-electron chi connectivity index (χ2n) is 10.3. The van der Waals surface area contributed by atoms with E-state index in [0.29, 0.717) is 43.5 Å². The Balaban J connectivity index is 1.46. The minimum atomic E-state index is -0.0911. The minimum absolute atomic E-state index is 0.0753. The molecule has 4 rings (SSSR count). The van der Waals surface area contributed by atoms with Gasteiger partial charge >= 0.3 is 0 Å². The minimum Gasteiger partial charge on any atom is -0.464 e. The van der Waals surface area contributed by atoms with Crippen LogP contribution in [0.5, 0.6) is 11.5 Å². The summed E-state index contributed by atoms with van der Waals surface area (Å²) in [5, 5.41) is 0. The molecule has 0 radical (unpaired) electrons. The highest BCUT2D eigenvalue weighted by molar-refractivity contribution is 5.85. The van der Waals surface area contributed by atoms with Crippen LogP contribution in [0.1, 0.15) is 69.5 Å². The van der Waals surface area contributed by atoms with Crippen LogP contribution in [-0.4, -0.2) is 41.5 Å². The number of fused-ring (bicyclic) bond motifs is 1. The van der Waals surface area contributed by atoms with E-state index in [4.69, 9.17) is 13.9 Å². The molecule has 0 unspecified atom stereocenters. The SMILES string of the molecule is Cc1ccc(CN(Cc2ccc3c(c2)OCO3)C(=O)CN(CC(C)C)C(=O)CCC2CCCC2)o1. The number of hydrogen-bond donors (Lipinski definition) is 0. The maximum Gasteiger partial charge on any atom is 0.242 e. The van der Waals surface area contributed by atoms with E-state index < -0.39 is 0 Å². The monoisotopic (exact) mass is 482 g/mol. The summed E-state index contributed by atoms with van der Waals surface area (Å²) in [6.07, 6.45) is 6.44. The molecular formula is C28H38N2O5. The van der Waals surface area contributed by atoms with E-state index in [0.717, 1.165) is 23.5 Å². The number of carbonyl (C=O) groups is 2. The molecule has 7 heteroatoms. The summed E-state index contributed by atoms with van der Waals surface area (Å²) >= 11 is 0. The third-order valence-electron chi connectivity index (χ3n) is 6.81. The zero-order valence-corrected chi connectivity index (χ0v) is 21.3. The molecule has 0 atom stereocenters. The number of ether oxygens (including phenoxy) is 2. The molecule has 0 bridgehead atoms. The number of nitrogens with zero attached hydrogens (tertiary/aromatic N) is 2. The molecular weight excluding hydrogens is 444 g/mol. The largest absolute Gasteiger partial charge is 0.464 e. The number of benzene rings is 1. The summed E-state index contributed by atoms with van der Waals surface area (Å²) in [5.74, 6) is 3.85. The van der Waals surface area contributed by atoms with Crippen LogP contribution in [0.15, 0.2) is 34.7 Å². The van der Waals surface area contributed by atoms with Crippen LogP contribution in [0.4, 0.5) is 0 Å². The topological polar surface area (TPSA) is 72.2 Å². The molecule has 1 aliphatic heterocycles. The van der Waals surface area contributed by atoms with Gasteiger partial charge in [0.15, 0.2) is 11.5 Å². The molecule has 1 aliphatic carbocycles. The molecule has 2 heterocycles. The van der Waals surface area contributed by atoms with Crippen LogP contribution in [0, 0.1) is 18.8 Å². The van der Waals surface area contributed by atoms with Gasteiger partial charge in [-0.05, 0) is 55.0 Å². The molecule has 1 aromatic heterocycles. The van der Waals surface area contributed by atoms with Crippen LogP contribution >= 0.6 is 0 Å². The summed E-state index contributed by atoms with van der Waals surface area (Å²) in [4.78, 5) is 30.2. The van der Waals surface area contributed by atoms with Crippen molar-refractivity contribution in [1.82, 2.24) is 9.80 Å². The Bertz CT molecular complexity index is 1010. The fourth-order valence-corrected chi connectivity index (χ4v) is 4.99. The third-order valence-corrected chi connectivity index (χ3v) is 6.81. The van der Waals surface area contributed by atoms with Crippen LogP contribution in [0.2, 0.25) is 0 Å². The van der Waals surface area contributed by atoms with Crippen molar-refractivity contribution in [3.63, 3.8) is 0 Å². The van der Waals surface area contributed by atoms with Crippen molar-refractivity contribution in [3.05, 3.63) is 47.4 Å². The zero-order valence-electron chi connectivity index (χ0n) is 21.3. The van der Waals surface area contributed by atoms with Crippen molar-refractivity contribution in [2.24, 2.45) is 11.8 Å². The Kier molecular flexibility index (Phi) is 8.37. The second kappa shape index (κ2) is 11.6. The van der Waals surface area contributed by atoms with Crippen LogP contribution in [-0.2, 0) is 22.7 Å². The summed E-state index contributed by atoms with van der Waals surface area (Å²) in [6, 6.07) is 9.52. The molecule has 2 aliphatic rings. The lowest BCUT2D eigenvalue weighted by atomic mass is 10.0. The van der Waals surface area contributed by atoms with Crippen molar-refractivity contribution < 1.29 is 23.5 Å². The van der Waals surface area contributed by atoms with E-state index >= 15 is 0 Å². The molecule has 7 nitrogen and oxygen atoms in total. The lowest BCUT2D eigenvalue weighted by molar-refractivity contribution is -0.142. The summed E-state index contributed by atoms with van der Waals surface area (Å²) in [7, 11) is 0. The normalized spacial score (nSPS) is 15.1. The first-order chi connectivity index (χ1) is 16.9. The Hall–Kier alpha value is -2.96. The van der Waals surface area contributed by atoms with Gasteiger partial charge in [0.2, 0.25) is 18.6 Å². The summed E-state index contributed by atoms with van der Waals surface area (Å²) in [6.45, 7) is 7.64. The molecule has 190 valence electrons. The van der Waals surface area contributed by atoms with Gasteiger partial charge in [-0.1, -0.05) is 45.6 Å². The van der Waals surface area contributed by atoms with Gasteiger partial charge in [-0.2, -0.15) is 0 Å². The molecule has 2 aromatic rings. The molecule has 0 saturated heterocycles. The zero-order chi connectivity index (χ0) is 24.8. The van der Waals surface area contributed by atoms with E-state index in [1.165, 1.54) is 25.7 Å². The van der Waals surface area contributed by atoms with Gasteiger partial charge in [-0.15, -0.1) is 0 Å². The van der Waals surface area contributed by atoms with Crippen molar-refractivity contribution in [3.8, 4) is 11.5 Å². The average Bonchev–Trinajstić information content (AvgIpc) is 3.58. The number of aryl methyl sites for hydroxylation is 1. The molecule has 1 saturated carbocycles. The van der Waals surface area contributed by atoms with Gasteiger partial charge in [0.25, 0.3) is 0 Å². The predicted molar refractivity (Wildman–Crippen MR) is 133 cm³/mol. The Morgan fingerprint density at radius 3 is 2.46 bits per heavy atom. The molecule has 35 heavy (non-hydrogen) atoms. The van der Waals surface area contributed by atoms with Crippen molar-refractivity contribution in [1.29, 1.82) is 0 Å². The number of hydrogen-bond acceptors (Lipinski definition) is 5. The van der Waals surface area contributed by atoms with Gasteiger partial charge in [-0.25, -0.2) is 0 Å². The highest BCUT2D eigenvalue weighted by Gasteiger charge is 2.25. The maximum atomic E-state index is 13.6. The Labute approximate surface area is 208 Å². The number of rotatable bonds is 11. The van der Waals surface area contributed by atoms with Gasteiger partial charge in [-0.3, -0.25) is 9.59 Å². The van der Waals surface area contributed by atoms with Crippen LogP contribution in [0.25, 0.3) is 0 Å². The van der Waals surface area contributed by atoms with Gasteiger partial charge < -0.3 is 23.7 Å². The van der Waals surface area contributed by atoms with E-state index in [-0.39, 0.29) is 31.1 Å². The molecule has 1 fully saturated rings. The van der Waals surface area contributed by atoms with Crippen LogP contribution in [0.3, 0.4) is 0 Å². The molecule has 2 amide bonds. The highest BCUT2D eigenvalue weighted by Crippen LogP contribution is 2.33. The number of carbonyl (C=O) groups excluding carboxylic acids is 2. The van der Waals surface area contributed by atoms with Crippen molar-refractivity contribution >= 4 is 11.8 Å². The quantitative estimate of drug-likeness (QED) is 0.435. The number of furan rings is 1. The van der Waals surface area contributed by atoms with Crippen LogP contribution < -0.4 is 9.47 Å². The smallest absolute Gasteiger partial charge is 0.242 e. The standard InChI is InChI=1S/C28H38N2O5/c1-20(2)15-29(27(31)13-10-22-6-4-5-7-22)18-28(32)30(17-24-11-8-21(3)35-24)16-23-9-12-25-26(14-23)34-19-33-25/h8-9,11-12,14,20,22H,4-7,10,13,15-19H2,1-3H3. The maximum absolute atomic E-state index is 13.6. The molecule has 0 N–H and O–H groups in total. The first-order valence-electron chi connectivity index (χ1n) is 12.9. The second-order valence-corrected chi connectivity index (χ2v) is 10.3. The third kappa shape index (κ3) is 7.03. The van der Waals surface area contributed by atoms with Gasteiger partial charge in [0.05, 0.1) is 13.1 Å². The fraction of sp³-hybridized carbons (Fsp3) is 0.571. The summed E-state index contributed by atoms with van der Waals surface area (Å²) < 4.78 is 16.7. The fourth-order valence-electron chi connectivity index (χ4n) is 4.99. The van der Waals surface area contributed by atoms with E-state index in [1.807, 2.05) is 37.3 Å². The van der Waals surface area contributed by atoms with E-state index in [2.05, 4.69) is 13.8 Å². The van der Waals surface area contributed by atoms with E-state index in [9.17, 15) is 9.59 Å². The first kappa shape index (κ1) is 25.1. The molecule has 0 spiro atoms. The highest BCUT2D eigenvalue weighted by atomic mass is 16.7. The van der Waals surface area contributed by atoms with Crippen molar-refractivity contribution in [2.45, 2.75) is 72.4 Å². The summed E-state index contributed by atoms with van der Waals surface area (Å²) in [5.41, 5.74) is 0.939. The van der Waals surface area contributed by atoms with E-state index in [1.54, 1.807) is 9.80 Å². The van der Waals surface area contributed by atoms with Gasteiger partial charge in [0, 0.05) is 19.5 Å². The lowest BCUT2D eigenvalue weighted by Gasteiger charge is -2.29. The first-order valence-corrected chi connectivity index (χ1v) is 12.9. The average molecular weight is 483 g/mol. The number of amides is 2. The Morgan fingerprint density at radius 1 is 0.971 bits per heavy atom. The van der Waals surface area contributed by atoms with Gasteiger partial charge in [0.1, 0.15) is 11.5 Å². The Morgan fingerprint density at radius 2 is 1.74 bits per heavy atom. The van der Waals surface area contributed by atoms with Crippen molar-refractivity contribution in [2.75, 3.05) is 19.9 Å².